The first-order chi connectivity index (χ1) is 7.29. The molecule has 0 amide bonds. The fraction of sp³-hybridized carbons (Fsp3) is 0.500. The normalized spacial score (nSPS) is 27.1. The molecule has 3 nitrogen and oxygen atoms in total. The van der Waals surface area contributed by atoms with Crippen LogP contribution in [-0.2, 0) is 6.54 Å². The van der Waals surface area contributed by atoms with Crippen LogP contribution in [0.3, 0.4) is 0 Å². The molecule has 1 aliphatic rings. The molecule has 1 fully saturated rings. The van der Waals surface area contributed by atoms with Gasteiger partial charge in [-0.25, -0.2) is 0 Å². The number of hydrogen-bond acceptors (Lipinski definition) is 3. The summed E-state index contributed by atoms with van der Waals surface area (Å²) < 4.78 is 0. The van der Waals surface area contributed by atoms with Gasteiger partial charge >= 0.3 is 0 Å². The molecule has 1 aromatic carbocycles. The maximum atomic E-state index is 9.77. The zero-order valence-corrected chi connectivity index (χ0v) is 8.71. The molecule has 82 valence electrons. The van der Waals surface area contributed by atoms with Crippen molar-refractivity contribution in [2.75, 3.05) is 13.2 Å². The molecule has 2 unspecified atom stereocenters. The predicted octanol–water partition coefficient (Wildman–Crippen LogP) is 0.819. The Hall–Kier alpha value is -0.900. The van der Waals surface area contributed by atoms with Gasteiger partial charge in [-0.15, -0.1) is 0 Å². The molecular formula is C12H17NO2. The predicted molar refractivity (Wildman–Crippen MR) is 58.1 cm³/mol. The topological polar surface area (TPSA) is 43.7 Å². The van der Waals surface area contributed by atoms with Crippen molar-refractivity contribution in [2.45, 2.75) is 19.2 Å². The molecule has 2 atom stereocenters. The molecule has 0 bridgehead atoms. The lowest BCUT2D eigenvalue weighted by atomic mass is 10.1. The van der Waals surface area contributed by atoms with Crippen LogP contribution in [0, 0.1) is 5.92 Å². The molecule has 1 aromatic rings. The van der Waals surface area contributed by atoms with Crippen molar-refractivity contribution in [3.63, 3.8) is 0 Å². The number of rotatable bonds is 3. The number of aliphatic hydroxyl groups excluding tert-OH is 2. The van der Waals surface area contributed by atoms with E-state index in [4.69, 9.17) is 5.11 Å². The largest absolute Gasteiger partial charge is 0.396 e. The van der Waals surface area contributed by atoms with E-state index in [1.165, 1.54) is 5.56 Å². The van der Waals surface area contributed by atoms with E-state index in [9.17, 15) is 5.11 Å². The Morgan fingerprint density at radius 1 is 1.27 bits per heavy atom. The molecule has 2 N–H and O–H groups in total. The van der Waals surface area contributed by atoms with Gasteiger partial charge in [0.2, 0.25) is 0 Å². The number of nitrogens with zero attached hydrogens (tertiary/aromatic N) is 1. The number of benzene rings is 1. The summed E-state index contributed by atoms with van der Waals surface area (Å²) in [4.78, 5) is 2.01. The van der Waals surface area contributed by atoms with Crippen LogP contribution in [0.15, 0.2) is 30.3 Å². The van der Waals surface area contributed by atoms with Crippen molar-refractivity contribution in [3.8, 4) is 0 Å². The molecule has 0 radical (unpaired) electrons. The molecule has 1 aliphatic heterocycles. The first kappa shape index (κ1) is 10.6. The number of aliphatic hydroxyl groups is 2. The van der Waals surface area contributed by atoms with E-state index in [-0.39, 0.29) is 12.5 Å². The van der Waals surface area contributed by atoms with Crippen molar-refractivity contribution in [1.29, 1.82) is 0 Å². The van der Waals surface area contributed by atoms with Crippen LogP contribution in [-0.4, -0.2) is 34.5 Å². The number of hydrogen-bond donors (Lipinski definition) is 2. The van der Waals surface area contributed by atoms with Crippen LogP contribution in [0.4, 0.5) is 0 Å². The highest BCUT2D eigenvalue weighted by molar-refractivity contribution is 5.14. The molecular weight excluding hydrogens is 190 g/mol. The third kappa shape index (κ3) is 2.56. The average molecular weight is 207 g/mol. The lowest BCUT2D eigenvalue weighted by molar-refractivity contribution is 0.0327. The summed E-state index contributed by atoms with van der Waals surface area (Å²) in [6.07, 6.45) is 0.283. The smallest absolute Gasteiger partial charge is 0.108 e. The summed E-state index contributed by atoms with van der Waals surface area (Å²) >= 11 is 0. The summed E-state index contributed by atoms with van der Waals surface area (Å²) in [7, 11) is 0. The molecule has 1 heterocycles. The second-order valence-electron chi connectivity index (χ2n) is 4.18. The van der Waals surface area contributed by atoms with Crippen LogP contribution in [0.1, 0.15) is 12.0 Å². The van der Waals surface area contributed by atoms with Gasteiger partial charge in [0.25, 0.3) is 0 Å². The zero-order chi connectivity index (χ0) is 10.7. The summed E-state index contributed by atoms with van der Waals surface area (Å²) in [5, 5.41) is 18.8. The van der Waals surface area contributed by atoms with Crippen molar-refractivity contribution in [3.05, 3.63) is 35.9 Å². The van der Waals surface area contributed by atoms with Gasteiger partial charge in [-0.2, -0.15) is 0 Å². The summed E-state index contributed by atoms with van der Waals surface area (Å²) in [5.41, 5.74) is 1.20. The standard InChI is InChI=1S/C12H17NO2/c14-9-11-6-12(15)13(8-11)7-10-4-2-1-3-5-10/h1-5,11-12,14-15H,6-9H2. The zero-order valence-electron chi connectivity index (χ0n) is 8.71. The minimum absolute atomic E-state index is 0.169. The maximum absolute atomic E-state index is 9.77. The third-order valence-electron chi connectivity index (χ3n) is 2.95. The minimum Gasteiger partial charge on any atom is -0.396 e. The fourth-order valence-electron chi connectivity index (χ4n) is 2.10. The molecule has 0 saturated carbocycles. The van der Waals surface area contributed by atoms with Crippen LogP contribution in [0.5, 0.6) is 0 Å². The molecule has 3 heteroatoms. The van der Waals surface area contributed by atoms with E-state index in [1.54, 1.807) is 0 Å². The Morgan fingerprint density at radius 2 is 2.00 bits per heavy atom. The highest BCUT2D eigenvalue weighted by atomic mass is 16.3. The van der Waals surface area contributed by atoms with Crippen LogP contribution >= 0.6 is 0 Å². The molecule has 15 heavy (non-hydrogen) atoms. The lowest BCUT2D eigenvalue weighted by Gasteiger charge is -2.19. The Labute approximate surface area is 90.0 Å². The van der Waals surface area contributed by atoms with Gasteiger partial charge in [0.05, 0.1) is 0 Å². The molecule has 0 aromatic heterocycles. The van der Waals surface area contributed by atoms with Gasteiger partial charge in [-0.1, -0.05) is 30.3 Å². The molecule has 0 aliphatic carbocycles. The van der Waals surface area contributed by atoms with E-state index in [0.29, 0.717) is 6.42 Å². The van der Waals surface area contributed by atoms with Gasteiger partial charge in [-0.05, 0) is 17.9 Å². The Kier molecular flexibility index (Phi) is 3.36. The van der Waals surface area contributed by atoms with Crippen LogP contribution < -0.4 is 0 Å². The molecule has 2 rings (SSSR count). The van der Waals surface area contributed by atoms with E-state index >= 15 is 0 Å². The van der Waals surface area contributed by atoms with Gasteiger partial charge < -0.3 is 10.2 Å². The van der Waals surface area contributed by atoms with E-state index < -0.39 is 6.23 Å². The first-order valence-electron chi connectivity index (χ1n) is 5.36. The average Bonchev–Trinajstić information content (AvgIpc) is 2.61. The minimum atomic E-state index is -0.401. The van der Waals surface area contributed by atoms with Gasteiger partial charge in [-0.3, -0.25) is 4.90 Å². The van der Waals surface area contributed by atoms with Crippen LogP contribution in [0.25, 0.3) is 0 Å². The Balaban J connectivity index is 1.96. The highest BCUT2D eigenvalue weighted by Crippen LogP contribution is 2.22. The molecule has 1 saturated heterocycles. The van der Waals surface area contributed by atoms with Crippen LogP contribution in [0.2, 0.25) is 0 Å². The molecule has 0 spiro atoms. The maximum Gasteiger partial charge on any atom is 0.108 e. The monoisotopic (exact) mass is 207 g/mol. The van der Waals surface area contributed by atoms with Crippen molar-refractivity contribution < 1.29 is 10.2 Å². The Bertz CT molecular complexity index is 302. The quantitative estimate of drug-likeness (QED) is 0.771. The van der Waals surface area contributed by atoms with E-state index in [2.05, 4.69) is 12.1 Å². The highest BCUT2D eigenvalue weighted by Gasteiger charge is 2.29. The van der Waals surface area contributed by atoms with E-state index in [1.807, 2.05) is 23.1 Å². The third-order valence-corrected chi connectivity index (χ3v) is 2.95. The summed E-state index contributed by atoms with van der Waals surface area (Å²) in [6.45, 7) is 1.72. The second-order valence-corrected chi connectivity index (χ2v) is 4.18. The van der Waals surface area contributed by atoms with Gasteiger partial charge in [0.1, 0.15) is 6.23 Å². The fourth-order valence-corrected chi connectivity index (χ4v) is 2.10. The Morgan fingerprint density at radius 3 is 2.60 bits per heavy atom. The summed E-state index contributed by atoms with van der Waals surface area (Å²) in [5.74, 6) is 0.226. The summed E-state index contributed by atoms with van der Waals surface area (Å²) in [6, 6.07) is 10.1. The number of likely N-dealkylation sites (tertiary alicyclic amines) is 1. The van der Waals surface area contributed by atoms with Gasteiger partial charge in [0.15, 0.2) is 0 Å². The van der Waals surface area contributed by atoms with Gasteiger partial charge in [0, 0.05) is 19.7 Å². The second kappa shape index (κ2) is 4.75. The van der Waals surface area contributed by atoms with Crippen molar-refractivity contribution in [2.24, 2.45) is 5.92 Å². The lowest BCUT2D eigenvalue weighted by Crippen LogP contribution is -2.28. The van der Waals surface area contributed by atoms with Crippen molar-refractivity contribution >= 4 is 0 Å². The first-order valence-corrected chi connectivity index (χ1v) is 5.36. The van der Waals surface area contributed by atoms with Crippen molar-refractivity contribution in [1.82, 2.24) is 4.90 Å². The SMILES string of the molecule is OCC1CC(O)N(Cc2ccccc2)C1. The van der Waals surface area contributed by atoms with E-state index in [0.717, 1.165) is 13.1 Å².